The molecule has 0 saturated carbocycles. The van der Waals surface area contributed by atoms with Gasteiger partial charge >= 0.3 is 0 Å². The van der Waals surface area contributed by atoms with E-state index in [9.17, 15) is 4.79 Å². The largest absolute Gasteiger partial charge is 0.337 e. The summed E-state index contributed by atoms with van der Waals surface area (Å²) in [5, 5.41) is 1.07. The van der Waals surface area contributed by atoms with Crippen molar-refractivity contribution in [3.8, 4) is 0 Å². The molecule has 1 aliphatic heterocycles. The number of pyridine rings is 1. The highest BCUT2D eigenvalue weighted by molar-refractivity contribution is 5.95. The van der Waals surface area contributed by atoms with Crippen molar-refractivity contribution < 1.29 is 4.79 Å². The molecule has 1 atom stereocenters. The fraction of sp³-hybridized carbons (Fsp3) is 0.273. The standard InChI is InChI=1S/C22H22N2O/c25-22(21-14-13-18-10-4-5-12-20(18)23-21)24-15-7-6-11-19(16-24)17-8-2-1-3-9-17/h1-5,8-10,12-14,19H,6-7,11,15-16H2. The summed E-state index contributed by atoms with van der Waals surface area (Å²) in [5.74, 6) is 0.460. The van der Waals surface area contributed by atoms with Crippen molar-refractivity contribution in [2.24, 2.45) is 0 Å². The van der Waals surface area contributed by atoms with Gasteiger partial charge in [-0.15, -0.1) is 0 Å². The monoisotopic (exact) mass is 330 g/mol. The first-order valence-corrected chi connectivity index (χ1v) is 9.01. The first-order valence-electron chi connectivity index (χ1n) is 9.01. The second-order valence-electron chi connectivity index (χ2n) is 6.74. The third-order valence-corrected chi connectivity index (χ3v) is 5.05. The van der Waals surface area contributed by atoms with Crippen LogP contribution in [-0.4, -0.2) is 28.9 Å². The van der Waals surface area contributed by atoms with Gasteiger partial charge in [0.25, 0.3) is 5.91 Å². The Labute approximate surface area is 148 Å². The molecule has 0 N–H and O–H groups in total. The number of amides is 1. The maximum absolute atomic E-state index is 13.0. The van der Waals surface area contributed by atoms with Crippen LogP contribution in [0, 0.1) is 0 Å². The fourth-order valence-electron chi connectivity index (χ4n) is 3.67. The molecular formula is C22H22N2O. The van der Waals surface area contributed by atoms with Crippen molar-refractivity contribution in [2.45, 2.75) is 25.2 Å². The fourth-order valence-corrected chi connectivity index (χ4v) is 3.67. The lowest BCUT2D eigenvalue weighted by Crippen LogP contribution is -2.34. The van der Waals surface area contributed by atoms with E-state index >= 15 is 0 Å². The number of likely N-dealkylation sites (tertiary alicyclic amines) is 1. The Bertz CT molecular complexity index is 875. The summed E-state index contributed by atoms with van der Waals surface area (Å²) < 4.78 is 0. The van der Waals surface area contributed by atoms with Crippen LogP contribution < -0.4 is 0 Å². The number of fused-ring (bicyclic) bond motifs is 1. The summed E-state index contributed by atoms with van der Waals surface area (Å²) >= 11 is 0. The van der Waals surface area contributed by atoms with Gasteiger partial charge in [-0.05, 0) is 30.5 Å². The van der Waals surface area contributed by atoms with E-state index in [4.69, 9.17) is 0 Å². The Morgan fingerprint density at radius 2 is 1.72 bits per heavy atom. The second-order valence-corrected chi connectivity index (χ2v) is 6.74. The normalized spacial score (nSPS) is 18.1. The van der Waals surface area contributed by atoms with Crippen molar-refractivity contribution in [2.75, 3.05) is 13.1 Å². The van der Waals surface area contributed by atoms with E-state index in [0.29, 0.717) is 11.6 Å². The number of hydrogen-bond donors (Lipinski definition) is 0. The van der Waals surface area contributed by atoms with Crippen LogP contribution in [0.2, 0.25) is 0 Å². The van der Waals surface area contributed by atoms with Gasteiger partial charge < -0.3 is 4.90 Å². The van der Waals surface area contributed by atoms with Gasteiger partial charge in [0.15, 0.2) is 0 Å². The van der Waals surface area contributed by atoms with E-state index in [0.717, 1.165) is 43.3 Å². The van der Waals surface area contributed by atoms with Crippen LogP contribution in [0.3, 0.4) is 0 Å². The number of hydrogen-bond acceptors (Lipinski definition) is 2. The SMILES string of the molecule is O=C(c1ccc2ccccc2n1)N1CCCCC(c2ccccc2)C1. The Hall–Kier alpha value is -2.68. The summed E-state index contributed by atoms with van der Waals surface area (Å²) in [6.07, 6.45) is 3.36. The molecule has 1 saturated heterocycles. The first-order chi connectivity index (χ1) is 12.3. The van der Waals surface area contributed by atoms with Crippen LogP contribution in [0.4, 0.5) is 0 Å². The van der Waals surface area contributed by atoms with Gasteiger partial charge in [-0.25, -0.2) is 4.98 Å². The van der Waals surface area contributed by atoms with E-state index < -0.39 is 0 Å². The van der Waals surface area contributed by atoms with Gasteiger partial charge in [-0.2, -0.15) is 0 Å². The minimum atomic E-state index is 0.0496. The van der Waals surface area contributed by atoms with E-state index in [-0.39, 0.29) is 5.91 Å². The zero-order valence-electron chi connectivity index (χ0n) is 14.3. The zero-order valence-corrected chi connectivity index (χ0v) is 14.3. The zero-order chi connectivity index (χ0) is 17.1. The van der Waals surface area contributed by atoms with Crippen LogP contribution in [-0.2, 0) is 0 Å². The van der Waals surface area contributed by atoms with Gasteiger partial charge in [0.05, 0.1) is 5.52 Å². The summed E-state index contributed by atoms with van der Waals surface area (Å²) in [5.41, 5.74) is 2.75. The smallest absolute Gasteiger partial charge is 0.272 e. The topological polar surface area (TPSA) is 33.2 Å². The van der Waals surface area contributed by atoms with Crippen molar-refractivity contribution in [3.05, 3.63) is 78.0 Å². The lowest BCUT2D eigenvalue weighted by molar-refractivity contribution is 0.0749. The Morgan fingerprint density at radius 1 is 0.920 bits per heavy atom. The number of carbonyl (C=O) groups excluding carboxylic acids is 1. The van der Waals surface area contributed by atoms with Gasteiger partial charge in [0.2, 0.25) is 0 Å². The summed E-state index contributed by atoms with van der Waals surface area (Å²) in [6.45, 7) is 1.59. The maximum Gasteiger partial charge on any atom is 0.272 e. The molecule has 4 rings (SSSR count). The molecule has 3 aromatic rings. The van der Waals surface area contributed by atoms with Crippen LogP contribution >= 0.6 is 0 Å². The summed E-state index contributed by atoms with van der Waals surface area (Å²) in [7, 11) is 0. The van der Waals surface area contributed by atoms with E-state index in [1.807, 2.05) is 47.4 Å². The molecule has 3 heteroatoms. The molecule has 0 aliphatic carbocycles. The molecule has 1 unspecified atom stereocenters. The van der Waals surface area contributed by atoms with Crippen molar-refractivity contribution >= 4 is 16.8 Å². The van der Waals surface area contributed by atoms with Crippen LogP contribution in [0.25, 0.3) is 10.9 Å². The highest BCUT2D eigenvalue weighted by atomic mass is 16.2. The lowest BCUT2D eigenvalue weighted by atomic mass is 9.94. The van der Waals surface area contributed by atoms with Crippen molar-refractivity contribution in [3.63, 3.8) is 0 Å². The number of nitrogens with zero attached hydrogens (tertiary/aromatic N) is 2. The molecule has 25 heavy (non-hydrogen) atoms. The maximum atomic E-state index is 13.0. The molecule has 1 amide bonds. The first kappa shape index (κ1) is 15.8. The van der Waals surface area contributed by atoms with Crippen LogP contribution in [0.15, 0.2) is 66.7 Å². The minimum Gasteiger partial charge on any atom is -0.337 e. The molecule has 126 valence electrons. The highest BCUT2D eigenvalue weighted by Gasteiger charge is 2.24. The molecule has 2 heterocycles. The second kappa shape index (κ2) is 7.06. The molecule has 0 spiro atoms. The van der Waals surface area contributed by atoms with E-state index in [1.54, 1.807) is 0 Å². The molecule has 0 bridgehead atoms. The number of carbonyl (C=O) groups is 1. The molecular weight excluding hydrogens is 308 g/mol. The number of benzene rings is 2. The molecule has 2 aromatic carbocycles. The van der Waals surface area contributed by atoms with Crippen molar-refractivity contribution in [1.29, 1.82) is 0 Å². The number of aromatic nitrogens is 1. The van der Waals surface area contributed by atoms with Crippen molar-refractivity contribution in [1.82, 2.24) is 9.88 Å². The highest BCUT2D eigenvalue weighted by Crippen LogP contribution is 2.27. The average Bonchev–Trinajstić information content (AvgIpc) is 2.94. The molecule has 3 nitrogen and oxygen atoms in total. The lowest BCUT2D eigenvalue weighted by Gasteiger charge is -2.24. The van der Waals surface area contributed by atoms with Gasteiger partial charge in [0.1, 0.15) is 5.69 Å². The van der Waals surface area contributed by atoms with E-state index in [2.05, 4.69) is 29.2 Å². The Morgan fingerprint density at radius 3 is 2.60 bits per heavy atom. The number of para-hydroxylation sites is 1. The Balaban J connectivity index is 1.59. The molecule has 1 fully saturated rings. The van der Waals surface area contributed by atoms with Crippen LogP contribution in [0.1, 0.15) is 41.2 Å². The Kier molecular flexibility index (Phi) is 4.47. The molecule has 0 radical (unpaired) electrons. The van der Waals surface area contributed by atoms with E-state index in [1.165, 1.54) is 5.56 Å². The van der Waals surface area contributed by atoms with Crippen LogP contribution in [0.5, 0.6) is 0 Å². The predicted molar refractivity (Wildman–Crippen MR) is 101 cm³/mol. The molecule has 1 aliphatic rings. The number of rotatable bonds is 2. The minimum absolute atomic E-state index is 0.0496. The quantitative estimate of drug-likeness (QED) is 0.685. The summed E-state index contributed by atoms with van der Waals surface area (Å²) in [6, 6.07) is 22.3. The molecule has 1 aromatic heterocycles. The van der Waals surface area contributed by atoms with Gasteiger partial charge in [-0.1, -0.05) is 61.0 Å². The predicted octanol–water partition coefficient (Wildman–Crippen LogP) is 4.64. The van der Waals surface area contributed by atoms with Gasteiger partial charge in [-0.3, -0.25) is 4.79 Å². The summed E-state index contributed by atoms with van der Waals surface area (Å²) in [4.78, 5) is 19.6. The average molecular weight is 330 g/mol. The third-order valence-electron chi connectivity index (χ3n) is 5.05. The third kappa shape index (κ3) is 3.41. The van der Waals surface area contributed by atoms with Gasteiger partial charge in [0, 0.05) is 24.4 Å².